The molecule has 6 rings (SSSR count). The zero-order valence-electron chi connectivity index (χ0n) is 17.4. The van der Waals surface area contributed by atoms with Gasteiger partial charge in [0.25, 0.3) is 5.69 Å². The van der Waals surface area contributed by atoms with E-state index in [1.54, 1.807) is 12.1 Å². The van der Waals surface area contributed by atoms with E-state index in [4.69, 9.17) is 4.99 Å². The van der Waals surface area contributed by atoms with Crippen LogP contribution in [0.5, 0.6) is 0 Å². The van der Waals surface area contributed by atoms with Gasteiger partial charge in [-0.3, -0.25) is 10.1 Å². The Bertz CT molecular complexity index is 1390. The number of rotatable bonds is 3. The number of halogens is 1. The fourth-order valence-electron chi connectivity index (χ4n) is 4.82. The van der Waals surface area contributed by atoms with Crippen molar-refractivity contribution in [3.05, 3.63) is 122 Å². The van der Waals surface area contributed by atoms with Crippen LogP contribution in [0.15, 0.2) is 88.8 Å². The van der Waals surface area contributed by atoms with Gasteiger partial charge in [-0.15, -0.1) is 0 Å². The molecule has 0 saturated heterocycles. The van der Waals surface area contributed by atoms with Crippen molar-refractivity contribution in [2.75, 3.05) is 0 Å². The first-order valence-electron chi connectivity index (χ1n) is 10.7. The Morgan fingerprint density at radius 3 is 2.67 bits per heavy atom. The van der Waals surface area contributed by atoms with Crippen LogP contribution in [0.4, 0.5) is 10.1 Å². The summed E-state index contributed by atoms with van der Waals surface area (Å²) in [4.78, 5) is 18.2. The fraction of sp³-hybridized carbons (Fsp3) is 0.115. The number of nitro benzene ring substituents is 1. The number of benzene rings is 3. The summed E-state index contributed by atoms with van der Waals surface area (Å²) in [6, 6.07) is 21.5. The number of aryl methyl sites for hydroxylation is 1. The number of non-ortho nitro benzene ring substituents is 1. The number of aliphatic imine (C=N–C) groups is 1. The van der Waals surface area contributed by atoms with Crippen LogP contribution in [-0.4, -0.2) is 15.0 Å². The van der Waals surface area contributed by atoms with Crippen molar-refractivity contribution in [1.82, 2.24) is 4.90 Å². The van der Waals surface area contributed by atoms with Gasteiger partial charge in [0.1, 0.15) is 5.82 Å². The largest absolute Gasteiger partial charge is 0.308 e. The summed E-state index contributed by atoms with van der Waals surface area (Å²) in [5.41, 5.74) is 7.22. The highest BCUT2D eigenvalue weighted by Crippen LogP contribution is 2.51. The molecule has 1 unspecified atom stereocenters. The van der Waals surface area contributed by atoms with Crippen molar-refractivity contribution in [3.63, 3.8) is 0 Å². The zero-order valence-corrected chi connectivity index (χ0v) is 18.3. The van der Waals surface area contributed by atoms with Crippen LogP contribution < -0.4 is 0 Å². The van der Waals surface area contributed by atoms with Gasteiger partial charge < -0.3 is 4.90 Å². The average molecular weight is 456 g/mol. The molecule has 1 aliphatic carbocycles. The third-order valence-corrected chi connectivity index (χ3v) is 7.16. The Morgan fingerprint density at radius 2 is 1.85 bits per heavy atom. The molecule has 2 aliphatic heterocycles. The lowest BCUT2D eigenvalue weighted by Crippen LogP contribution is -2.34. The zero-order chi connectivity index (χ0) is 22.5. The molecule has 3 aliphatic rings. The first-order valence-corrected chi connectivity index (χ1v) is 11.5. The molecule has 0 aromatic heterocycles. The predicted molar refractivity (Wildman–Crippen MR) is 129 cm³/mol. The molecule has 162 valence electrons. The Hall–Kier alpha value is -3.71. The molecule has 0 fully saturated rings. The topological polar surface area (TPSA) is 58.7 Å². The van der Waals surface area contributed by atoms with Crippen LogP contribution in [-0.2, 0) is 6.42 Å². The molecule has 2 heterocycles. The number of amidine groups is 1. The third kappa shape index (κ3) is 3.27. The van der Waals surface area contributed by atoms with Crippen LogP contribution in [0.3, 0.4) is 0 Å². The van der Waals surface area contributed by atoms with Crippen LogP contribution in [0.1, 0.15) is 34.7 Å². The smallest absolute Gasteiger partial charge is 0.270 e. The van der Waals surface area contributed by atoms with E-state index >= 15 is 0 Å². The molecule has 0 amide bonds. The number of nitro groups is 1. The minimum Gasteiger partial charge on any atom is -0.308 e. The Morgan fingerprint density at radius 1 is 1.03 bits per heavy atom. The number of hydrogen-bond donors (Lipinski definition) is 0. The Labute approximate surface area is 194 Å². The fourth-order valence-corrected chi connectivity index (χ4v) is 5.74. The number of thioether (sulfide) groups is 1. The highest BCUT2D eigenvalue weighted by atomic mass is 32.2. The highest BCUT2D eigenvalue weighted by Gasteiger charge is 2.40. The van der Waals surface area contributed by atoms with Gasteiger partial charge in [-0.05, 0) is 41.7 Å². The normalized spacial score (nSPS) is 18.8. The van der Waals surface area contributed by atoms with E-state index in [1.807, 2.05) is 29.7 Å². The van der Waals surface area contributed by atoms with Crippen LogP contribution in [0, 0.1) is 15.9 Å². The van der Waals surface area contributed by atoms with Crippen LogP contribution >= 0.6 is 11.8 Å². The lowest BCUT2D eigenvalue weighted by atomic mass is 9.82. The monoisotopic (exact) mass is 455 g/mol. The first kappa shape index (κ1) is 19.9. The van der Waals surface area contributed by atoms with Crippen molar-refractivity contribution in [1.29, 1.82) is 0 Å². The van der Waals surface area contributed by atoms with E-state index < -0.39 is 0 Å². The van der Waals surface area contributed by atoms with Gasteiger partial charge in [0.05, 0.1) is 22.4 Å². The lowest BCUT2D eigenvalue weighted by Gasteiger charge is -2.39. The molecule has 3 aromatic carbocycles. The Balaban J connectivity index is 1.52. The SMILES string of the molecule is O=[N+]([O-])c1cccc(C2=CSC3=NC4=C(CCc5ccccc54)C(c4ccc(F)cc4)N23)c1. The molecule has 0 N–H and O–H groups in total. The van der Waals surface area contributed by atoms with Crippen LogP contribution in [0.2, 0.25) is 0 Å². The number of hydrogen-bond acceptors (Lipinski definition) is 5. The van der Waals surface area contributed by atoms with Gasteiger partial charge in [-0.1, -0.05) is 60.3 Å². The molecular formula is C26H18FN3O2S. The van der Waals surface area contributed by atoms with E-state index in [2.05, 4.69) is 23.1 Å². The average Bonchev–Trinajstić information content (AvgIpc) is 3.27. The van der Waals surface area contributed by atoms with Gasteiger partial charge in [0.2, 0.25) is 0 Å². The summed E-state index contributed by atoms with van der Waals surface area (Å²) < 4.78 is 13.8. The first-order chi connectivity index (χ1) is 16.1. The van der Waals surface area contributed by atoms with Gasteiger partial charge in [-0.2, -0.15) is 0 Å². The van der Waals surface area contributed by atoms with E-state index in [0.717, 1.165) is 46.1 Å². The molecule has 3 aromatic rings. The van der Waals surface area contributed by atoms with Crippen molar-refractivity contribution in [3.8, 4) is 0 Å². The molecule has 0 spiro atoms. The van der Waals surface area contributed by atoms with Crippen molar-refractivity contribution < 1.29 is 9.31 Å². The summed E-state index contributed by atoms with van der Waals surface area (Å²) >= 11 is 1.51. The maximum Gasteiger partial charge on any atom is 0.270 e. The van der Waals surface area contributed by atoms with Gasteiger partial charge in [0.15, 0.2) is 5.17 Å². The predicted octanol–water partition coefficient (Wildman–Crippen LogP) is 6.55. The minimum absolute atomic E-state index is 0.0469. The van der Waals surface area contributed by atoms with Gasteiger partial charge >= 0.3 is 0 Å². The van der Waals surface area contributed by atoms with Gasteiger partial charge in [0, 0.05) is 28.7 Å². The second-order valence-electron chi connectivity index (χ2n) is 8.18. The van der Waals surface area contributed by atoms with E-state index in [9.17, 15) is 14.5 Å². The van der Waals surface area contributed by atoms with Gasteiger partial charge in [-0.25, -0.2) is 9.38 Å². The molecule has 0 radical (unpaired) electrons. The summed E-state index contributed by atoms with van der Waals surface area (Å²) in [5, 5.41) is 14.2. The minimum atomic E-state index is -0.381. The van der Waals surface area contributed by atoms with Crippen molar-refractivity contribution in [2.45, 2.75) is 18.9 Å². The summed E-state index contributed by atoms with van der Waals surface area (Å²) in [5.74, 6) is -0.281. The van der Waals surface area contributed by atoms with E-state index in [-0.39, 0.29) is 22.5 Å². The van der Waals surface area contributed by atoms with E-state index in [0.29, 0.717) is 0 Å². The quantitative estimate of drug-likeness (QED) is 0.332. The molecule has 5 nitrogen and oxygen atoms in total. The van der Waals surface area contributed by atoms with Crippen molar-refractivity contribution in [2.24, 2.45) is 4.99 Å². The molecule has 33 heavy (non-hydrogen) atoms. The maximum atomic E-state index is 13.8. The molecule has 7 heteroatoms. The molecule has 0 bridgehead atoms. The lowest BCUT2D eigenvalue weighted by molar-refractivity contribution is -0.384. The number of nitrogens with zero attached hydrogens (tertiary/aromatic N) is 3. The standard InChI is InChI=1S/C26H18FN3O2S/c27-19-11-8-17(9-12-19)25-22-13-10-16-4-1-2-7-21(16)24(22)28-26-29(25)23(15-33-26)18-5-3-6-20(14-18)30(31)32/h1-9,11-12,14-15,25H,10,13H2. The molecular weight excluding hydrogens is 437 g/mol. The second-order valence-corrected chi connectivity index (χ2v) is 9.01. The maximum absolute atomic E-state index is 13.8. The van der Waals surface area contributed by atoms with Crippen molar-refractivity contribution >= 4 is 34.0 Å². The number of fused-ring (bicyclic) bond motifs is 3. The summed E-state index contributed by atoms with van der Waals surface area (Å²) in [6.07, 6.45) is 1.75. The summed E-state index contributed by atoms with van der Waals surface area (Å²) in [7, 11) is 0. The summed E-state index contributed by atoms with van der Waals surface area (Å²) in [6.45, 7) is 0. The molecule has 1 atom stereocenters. The Kier molecular flexibility index (Phi) is 4.66. The highest BCUT2D eigenvalue weighted by molar-refractivity contribution is 8.16. The van der Waals surface area contributed by atoms with E-state index in [1.165, 1.54) is 41.1 Å². The van der Waals surface area contributed by atoms with Crippen LogP contribution in [0.25, 0.3) is 11.4 Å². The molecule has 0 saturated carbocycles. The second kappa shape index (κ2) is 7.71. The third-order valence-electron chi connectivity index (χ3n) is 6.32.